The van der Waals surface area contributed by atoms with Gasteiger partial charge in [0.15, 0.2) is 11.5 Å². The van der Waals surface area contributed by atoms with Gasteiger partial charge in [-0.15, -0.1) is 0 Å². The fourth-order valence-electron chi connectivity index (χ4n) is 2.97. The minimum absolute atomic E-state index is 0.285. The second-order valence-electron chi connectivity index (χ2n) is 5.94. The summed E-state index contributed by atoms with van der Waals surface area (Å²) >= 11 is 0. The molecule has 0 atom stereocenters. The summed E-state index contributed by atoms with van der Waals surface area (Å²) in [7, 11) is 3.83. The molecule has 0 saturated carbocycles. The van der Waals surface area contributed by atoms with Crippen LogP contribution in [0.25, 0.3) is 0 Å². The van der Waals surface area contributed by atoms with Crippen molar-refractivity contribution in [3.8, 4) is 11.5 Å². The molecule has 0 radical (unpaired) electrons. The molecule has 0 unspecified atom stereocenters. The van der Waals surface area contributed by atoms with Crippen molar-refractivity contribution in [3.05, 3.63) is 23.8 Å². The van der Waals surface area contributed by atoms with Gasteiger partial charge in [0.05, 0.1) is 7.11 Å². The molecule has 21 heavy (non-hydrogen) atoms. The molecule has 0 amide bonds. The Morgan fingerprint density at radius 1 is 1.24 bits per heavy atom. The van der Waals surface area contributed by atoms with Gasteiger partial charge in [-0.25, -0.2) is 0 Å². The first kappa shape index (κ1) is 14.6. The number of rotatable bonds is 5. The van der Waals surface area contributed by atoms with Gasteiger partial charge in [0.25, 0.3) is 0 Å². The van der Waals surface area contributed by atoms with Gasteiger partial charge in [-0.1, -0.05) is 12.1 Å². The Balaban J connectivity index is 1.74. The SMILES string of the molecule is COc1cccc(CN2CCNCC2)c1OC1CN(C)C1. The van der Waals surface area contributed by atoms with Gasteiger partial charge in [0.1, 0.15) is 6.10 Å². The summed E-state index contributed by atoms with van der Waals surface area (Å²) in [6, 6.07) is 6.19. The molecule has 0 aromatic heterocycles. The van der Waals surface area contributed by atoms with Crippen LogP contribution >= 0.6 is 0 Å². The Morgan fingerprint density at radius 2 is 2.00 bits per heavy atom. The Bertz CT molecular complexity index is 469. The maximum atomic E-state index is 6.21. The highest BCUT2D eigenvalue weighted by atomic mass is 16.5. The van der Waals surface area contributed by atoms with E-state index in [1.54, 1.807) is 7.11 Å². The summed E-state index contributed by atoms with van der Waals surface area (Å²) in [5.74, 6) is 1.77. The molecule has 3 rings (SSSR count). The van der Waals surface area contributed by atoms with Crippen LogP contribution in [0.1, 0.15) is 5.56 Å². The average Bonchev–Trinajstić information content (AvgIpc) is 2.48. The maximum Gasteiger partial charge on any atom is 0.166 e. The van der Waals surface area contributed by atoms with Crippen LogP contribution in [0, 0.1) is 0 Å². The van der Waals surface area contributed by atoms with Crippen molar-refractivity contribution in [2.45, 2.75) is 12.6 Å². The molecule has 2 saturated heterocycles. The molecule has 0 spiro atoms. The van der Waals surface area contributed by atoms with E-state index in [9.17, 15) is 0 Å². The number of hydrogen-bond acceptors (Lipinski definition) is 5. The Kier molecular flexibility index (Phi) is 4.63. The van der Waals surface area contributed by atoms with E-state index in [0.29, 0.717) is 0 Å². The largest absolute Gasteiger partial charge is 0.493 e. The fourth-order valence-corrected chi connectivity index (χ4v) is 2.97. The number of methoxy groups -OCH3 is 1. The molecule has 0 aliphatic carbocycles. The lowest BCUT2D eigenvalue weighted by molar-refractivity contribution is 0.0356. The van der Waals surface area contributed by atoms with Crippen molar-refractivity contribution < 1.29 is 9.47 Å². The van der Waals surface area contributed by atoms with Crippen molar-refractivity contribution in [2.24, 2.45) is 0 Å². The molecule has 5 heteroatoms. The average molecular weight is 291 g/mol. The number of hydrogen-bond donors (Lipinski definition) is 1. The lowest BCUT2D eigenvalue weighted by atomic mass is 10.1. The minimum Gasteiger partial charge on any atom is -0.493 e. The number of ether oxygens (including phenoxy) is 2. The first-order valence-corrected chi connectivity index (χ1v) is 7.70. The first-order chi connectivity index (χ1) is 10.3. The molecule has 2 aliphatic heterocycles. The Hall–Kier alpha value is -1.30. The van der Waals surface area contributed by atoms with E-state index in [2.05, 4.69) is 34.3 Å². The van der Waals surface area contributed by atoms with E-state index in [-0.39, 0.29) is 6.10 Å². The van der Waals surface area contributed by atoms with Gasteiger partial charge in [0.2, 0.25) is 0 Å². The van der Waals surface area contributed by atoms with E-state index < -0.39 is 0 Å². The lowest BCUT2D eigenvalue weighted by Crippen LogP contribution is -2.51. The van der Waals surface area contributed by atoms with Crippen molar-refractivity contribution >= 4 is 0 Å². The molecule has 1 N–H and O–H groups in total. The van der Waals surface area contributed by atoms with Crippen LogP contribution in [0.2, 0.25) is 0 Å². The molecular weight excluding hydrogens is 266 g/mol. The van der Waals surface area contributed by atoms with Gasteiger partial charge in [-0.05, 0) is 13.1 Å². The molecule has 1 aromatic rings. The van der Waals surface area contributed by atoms with Crippen molar-refractivity contribution in [1.82, 2.24) is 15.1 Å². The zero-order valence-corrected chi connectivity index (χ0v) is 13.0. The number of piperazine rings is 1. The van der Waals surface area contributed by atoms with Gasteiger partial charge < -0.3 is 14.8 Å². The Morgan fingerprint density at radius 3 is 2.67 bits per heavy atom. The quantitative estimate of drug-likeness (QED) is 0.868. The third kappa shape index (κ3) is 3.48. The zero-order valence-electron chi connectivity index (χ0n) is 13.0. The van der Waals surface area contributed by atoms with E-state index in [1.807, 2.05) is 6.07 Å². The maximum absolute atomic E-state index is 6.21. The third-order valence-corrected chi connectivity index (χ3v) is 4.20. The number of likely N-dealkylation sites (N-methyl/N-ethyl adjacent to an activating group) is 1. The second-order valence-corrected chi connectivity index (χ2v) is 5.94. The summed E-state index contributed by atoms with van der Waals surface area (Å²) in [6.07, 6.45) is 0.285. The molecule has 5 nitrogen and oxygen atoms in total. The molecule has 2 aliphatic rings. The summed E-state index contributed by atoms with van der Waals surface area (Å²) in [4.78, 5) is 4.72. The number of nitrogens with one attached hydrogen (secondary N) is 1. The second kappa shape index (κ2) is 6.64. The normalized spacial score (nSPS) is 21.0. The van der Waals surface area contributed by atoms with Gasteiger partial charge >= 0.3 is 0 Å². The predicted molar refractivity (Wildman–Crippen MR) is 83.1 cm³/mol. The third-order valence-electron chi connectivity index (χ3n) is 4.20. The van der Waals surface area contributed by atoms with E-state index in [0.717, 1.165) is 57.3 Å². The van der Waals surface area contributed by atoms with Gasteiger partial charge in [0, 0.05) is 51.4 Å². The van der Waals surface area contributed by atoms with E-state index in [1.165, 1.54) is 5.56 Å². The van der Waals surface area contributed by atoms with Crippen LogP contribution in [0.3, 0.4) is 0 Å². The summed E-state index contributed by atoms with van der Waals surface area (Å²) in [5, 5.41) is 3.39. The highest BCUT2D eigenvalue weighted by Gasteiger charge is 2.27. The van der Waals surface area contributed by atoms with Crippen molar-refractivity contribution in [2.75, 3.05) is 53.4 Å². The topological polar surface area (TPSA) is 37.0 Å². The van der Waals surface area contributed by atoms with Gasteiger partial charge in [-0.3, -0.25) is 9.80 Å². The first-order valence-electron chi connectivity index (χ1n) is 7.70. The molecule has 2 fully saturated rings. The monoisotopic (exact) mass is 291 g/mol. The smallest absolute Gasteiger partial charge is 0.166 e. The number of nitrogens with zero attached hydrogens (tertiary/aromatic N) is 2. The molecule has 2 heterocycles. The van der Waals surface area contributed by atoms with Crippen LogP contribution in [-0.4, -0.2) is 69.3 Å². The molecule has 116 valence electrons. The standard InChI is InChI=1S/C16H25N3O2/c1-18-11-14(12-18)21-16-13(4-3-5-15(16)20-2)10-19-8-6-17-7-9-19/h3-5,14,17H,6-12H2,1-2H3. The van der Waals surface area contributed by atoms with Crippen LogP contribution < -0.4 is 14.8 Å². The summed E-state index contributed by atoms with van der Waals surface area (Å²) in [5.41, 5.74) is 1.23. The summed E-state index contributed by atoms with van der Waals surface area (Å²) < 4.78 is 11.7. The van der Waals surface area contributed by atoms with Crippen LogP contribution in [0.5, 0.6) is 11.5 Å². The minimum atomic E-state index is 0.285. The van der Waals surface area contributed by atoms with E-state index in [4.69, 9.17) is 9.47 Å². The van der Waals surface area contributed by atoms with Crippen LogP contribution in [0.15, 0.2) is 18.2 Å². The summed E-state index contributed by atoms with van der Waals surface area (Å²) in [6.45, 7) is 7.21. The predicted octanol–water partition coefficient (Wildman–Crippen LogP) is 0.793. The fraction of sp³-hybridized carbons (Fsp3) is 0.625. The number of benzene rings is 1. The molecular formula is C16H25N3O2. The highest BCUT2D eigenvalue weighted by molar-refractivity contribution is 5.47. The lowest BCUT2D eigenvalue weighted by Gasteiger charge is -2.37. The number of likely N-dealkylation sites (tertiary alicyclic amines) is 1. The van der Waals surface area contributed by atoms with Crippen LogP contribution in [0.4, 0.5) is 0 Å². The van der Waals surface area contributed by atoms with Crippen molar-refractivity contribution in [1.29, 1.82) is 0 Å². The Labute approximate surface area is 126 Å². The van der Waals surface area contributed by atoms with E-state index >= 15 is 0 Å². The highest BCUT2D eigenvalue weighted by Crippen LogP contribution is 2.33. The van der Waals surface area contributed by atoms with Crippen molar-refractivity contribution in [3.63, 3.8) is 0 Å². The number of para-hydroxylation sites is 1. The van der Waals surface area contributed by atoms with Crippen LogP contribution in [-0.2, 0) is 6.54 Å². The zero-order chi connectivity index (χ0) is 14.7. The molecule has 0 bridgehead atoms. The molecule has 1 aromatic carbocycles. The van der Waals surface area contributed by atoms with Gasteiger partial charge in [-0.2, -0.15) is 0 Å².